The summed E-state index contributed by atoms with van der Waals surface area (Å²) in [4.78, 5) is 12.2. The number of aliphatic hydroxyl groups is 1. The molecule has 0 spiro atoms. The molecule has 0 unspecified atom stereocenters. The number of rotatable bonds is 4. The summed E-state index contributed by atoms with van der Waals surface area (Å²) in [6.07, 6.45) is 1.98. The number of halogens is 1. The van der Waals surface area contributed by atoms with Crippen molar-refractivity contribution in [3.63, 3.8) is 0 Å². The van der Waals surface area contributed by atoms with Crippen molar-refractivity contribution >= 4 is 17.5 Å². The Balaban J connectivity index is 1.53. The second kappa shape index (κ2) is 5.95. The minimum atomic E-state index is -0.817. The van der Waals surface area contributed by atoms with Gasteiger partial charge in [0.1, 0.15) is 0 Å². The molecule has 1 saturated carbocycles. The Labute approximate surface area is 129 Å². The lowest BCUT2D eigenvalue weighted by molar-refractivity contribution is -0.125. The summed E-state index contributed by atoms with van der Waals surface area (Å²) in [7, 11) is 0. The van der Waals surface area contributed by atoms with E-state index in [2.05, 4.69) is 5.32 Å². The van der Waals surface area contributed by atoms with Gasteiger partial charge in [-0.3, -0.25) is 4.79 Å². The van der Waals surface area contributed by atoms with Gasteiger partial charge in [-0.2, -0.15) is 0 Å². The molecular formula is C16H20ClNO3. The molecule has 5 heteroatoms. The number of carbonyl (C=O) groups excluding carboxylic acids is 1. The van der Waals surface area contributed by atoms with Crippen molar-refractivity contribution in [1.29, 1.82) is 0 Å². The molecule has 4 nitrogen and oxygen atoms in total. The minimum Gasteiger partial charge on any atom is -0.388 e. The SMILES string of the molecule is O=C(NCC1(O)CCOCC1)[C@H]1C[C@@H]1c1ccccc1Cl. The molecule has 1 saturated heterocycles. The van der Waals surface area contributed by atoms with Crippen LogP contribution < -0.4 is 5.32 Å². The van der Waals surface area contributed by atoms with Crippen LogP contribution in [-0.4, -0.2) is 36.4 Å². The Morgan fingerprint density at radius 2 is 2.10 bits per heavy atom. The van der Waals surface area contributed by atoms with Crippen LogP contribution in [-0.2, 0) is 9.53 Å². The number of nitrogens with one attached hydrogen (secondary N) is 1. The smallest absolute Gasteiger partial charge is 0.223 e. The summed E-state index contributed by atoms with van der Waals surface area (Å²) < 4.78 is 5.23. The van der Waals surface area contributed by atoms with Crippen molar-refractivity contribution in [3.05, 3.63) is 34.9 Å². The Kier molecular flexibility index (Phi) is 4.20. The Hall–Kier alpha value is -1.10. The summed E-state index contributed by atoms with van der Waals surface area (Å²) in [6.45, 7) is 1.41. The number of ether oxygens (including phenoxy) is 1. The van der Waals surface area contributed by atoms with Gasteiger partial charge in [0.2, 0.25) is 5.91 Å². The highest BCUT2D eigenvalue weighted by atomic mass is 35.5. The maximum Gasteiger partial charge on any atom is 0.223 e. The fourth-order valence-electron chi connectivity index (χ4n) is 2.92. The first-order valence-electron chi connectivity index (χ1n) is 7.41. The van der Waals surface area contributed by atoms with Crippen molar-refractivity contribution in [2.75, 3.05) is 19.8 Å². The molecule has 0 radical (unpaired) electrons. The number of benzene rings is 1. The third kappa shape index (κ3) is 3.39. The monoisotopic (exact) mass is 309 g/mol. The number of hydrogen-bond acceptors (Lipinski definition) is 3. The first-order valence-corrected chi connectivity index (χ1v) is 7.79. The maximum atomic E-state index is 12.2. The topological polar surface area (TPSA) is 58.6 Å². The largest absolute Gasteiger partial charge is 0.388 e. The number of amides is 1. The van der Waals surface area contributed by atoms with Crippen molar-refractivity contribution in [2.45, 2.75) is 30.8 Å². The van der Waals surface area contributed by atoms with E-state index in [4.69, 9.17) is 16.3 Å². The van der Waals surface area contributed by atoms with Crippen LogP contribution in [0.5, 0.6) is 0 Å². The lowest BCUT2D eigenvalue weighted by Crippen LogP contribution is -2.47. The highest BCUT2D eigenvalue weighted by Gasteiger charge is 2.45. The third-order valence-electron chi connectivity index (χ3n) is 4.45. The van der Waals surface area contributed by atoms with Crippen LogP contribution in [0.25, 0.3) is 0 Å². The normalized spacial score (nSPS) is 27.1. The molecule has 0 aromatic heterocycles. The Morgan fingerprint density at radius 1 is 1.38 bits per heavy atom. The molecule has 1 heterocycles. The summed E-state index contributed by atoms with van der Waals surface area (Å²) in [5.74, 6) is 0.205. The van der Waals surface area contributed by atoms with Gasteiger partial charge in [-0.05, 0) is 24.0 Å². The zero-order chi connectivity index (χ0) is 14.9. The fraction of sp³-hybridized carbons (Fsp3) is 0.562. The molecule has 0 bridgehead atoms. The average molecular weight is 310 g/mol. The lowest BCUT2D eigenvalue weighted by Gasteiger charge is -2.32. The molecule has 1 amide bonds. The van der Waals surface area contributed by atoms with E-state index in [1.807, 2.05) is 24.3 Å². The molecular weight excluding hydrogens is 290 g/mol. The van der Waals surface area contributed by atoms with Gasteiger partial charge in [-0.15, -0.1) is 0 Å². The molecule has 1 aliphatic heterocycles. The molecule has 1 aromatic rings. The van der Waals surface area contributed by atoms with E-state index in [-0.39, 0.29) is 17.7 Å². The van der Waals surface area contributed by atoms with Crippen LogP contribution in [0.4, 0.5) is 0 Å². The first-order chi connectivity index (χ1) is 10.1. The molecule has 114 valence electrons. The van der Waals surface area contributed by atoms with Gasteiger partial charge in [-0.25, -0.2) is 0 Å². The van der Waals surface area contributed by atoms with Crippen LogP contribution in [0.2, 0.25) is 5.02 Å². The summed E-state index contributed by atoms with van der Waals surface area (Å²) in [5, 5.41) is 13.9. The number of hydrogen-bond donors (Lipinski definition) is 2. The molecule has 2 fully saturated rings. The van der Waals surface area contributed by atoms with Crippen molar-refractivity contribution in [3.8, 4) is 0 Å². The van der Waals surface area contributed by atoms with Gasteiger partial charge in [-0.1, -0.05) is 29.8 Å². The quantitative estimate of drug-likeness (QED) is 0.895. The molecule has 1 aliphatic carbocycles. The number of carbonyl (C=O) groups is 1. The lowest BCUT2D eigenvalue weighted by atomic mass is 9.94. The van der Waals surface area contributed by atoms with E-state index < -0.39 is 5.60 Å². The van der Waals surface area contributed by atoms with Crippen LogP contribution in [0.15, 0.2) is 24.3 Å². The standard InChI is InChI=1S/C16H20ClNO3/c17-14-4-2-1-3-11(14)12-9-13(12)15(19)18-10-16(20)5-7-21-8-6-16/h1-4,12-13,20H,5-10H2,(H,18,19)/t12-,13+/m1/s1. The summed E-state index contributed by atoms with van der Waals surface area (Å²) in [6, 6.07) is 7.67. The summed E-state index contributed by atoms with van der Waals surface area (Å²) in [5.41, 5.74) is 0.229. The summed E-state index contributed by atoms with van der Waals surface area (Å²) >= 11 is 6.16. The van der Waals surface area contributed by atoms with Crippen LogP contribution in [0.3, 0.4) is 0 Å². The van der Waals surface area contributed by atoms with E-state index in [1.165, 1.54) is 0 Å². The van der Waals surface area contributed by atoms with Gasteiger partial charge >= 0.3 is 0 Å². The van der Waals surface area contributed by atoms with Gasteiger partial charge in [0.25, 0.3) is 0 Å². The van der Waals surface area contributed by atoms with Crippen molar-refractivity contribution in [2.24, 2.45) is 5.92 Å². The third-order valence-corrected chi connectivity index (χ3v) is 4.79. The zero-order valence-corrected chi connectivity index (χ0v) is 12.6. The van der Waals surface area contributed by atoms with Crippen LogP contribution in [0.1, 0.15) is 30.7 Å². The molecule has 2 atom stereocenters. The van der Waals surface area contributed by atoms with Gasteiger partial charge < -0.3 is 15.2 Å². The minimum absolute atomic E-state index is 0.0137. The Morgan fingerprint density at radius 3 is 2.81 bits per heavy atom. The highest BCUT2D eigenvalue weighted by Crippen LogP contribution is 2.49. The average Bonchev–Trinajstić information content (AvgIpc) is 3.27. The predicted molar refractivity (Wildman–Crippen MR) is 80.3 cm³/mol. The first kappa shape index (κ1) is 14.8. The Bertz CT molecular complexity index is 528. The molecule has 21 heavy (non-hydrogen) atoms. The van der Waals surface area contributed by atoms with Gasteiger partial charge in [0, 0.05) is 43.5 Å². The van der Waals surface area contributed by atoms with Gasteiger partial charge in [0.15, 0.2) is 0 Å². The van der Waals surface area contributed by atoms with Crippen LogP contribution in [0, 0.1) is 5.92 Å². The van der Waals surface area contributed by atoms with E-state index >= 15 is 0 Å². The molecule has 2 aliphatic rings. The predicted octanol–water partition coefficient (Wildman–Crippen LogP) is 2.10. The van der Waals surface area contributed by atoms with Crippen molar-refractivity contribution < 1.29 is 14.6 Å². The van der Waals surface area contributed by atoms with E-state index in [0.29, 0.717) is 32.6 Å². The second-order valence-electron chi connectivity index (χ2n) is 6.02. The highest BCUT2D eigenvalue weighted by molar-refractivity contribution is 6.31. The van der Waals surface area contributed by atoms with Gasteiger partial charge in [0.05, 0.1) is 5.60 Å². The maximum absolute atomic E-state index is 12.2. The zero-order valence-electron chi connectivity index (χ0n) is 11.8. The second-order valence-corrected chi connectivity index (χ2v) is 6.43. The molecule has 3 rings (SSSR count). The van der Waals surface area contributed by atoms with E-state index in [0.717, 1.165) is 17.0 Å². The van der Waals surface area contributed by atoms with E-state index in [1.54, 1.807) is 0 Å². The van der Waals surface area contributed by atoms with E-state index in [9.17, 15) is 9.90 Å². The molecule has 2 N–H and O–H groups in total. The molecule has 1 aromatic carbocycles. The van der Waals surface area contributed by atoms with Crippen LogP contribution >= 0.6 is 11.6 Å². The fourth-order valence-corrected chi connectivity index (χ4v) is 3.19. The van der Waals surface area contributed by atoms with Crippen molar-refractivity contribution in [1.82, 2.24) is 5.32 Å².